The Kier molecular flexibility index (Phi) is 3.50. The molecule has 1 aliphatic heterocycles. The van der Waals surface area contributed by atoms with Crippen LogP contribution in [-0.4, -0.2) is 29.5 Å². The third-order valence-corrected chi connectivity index (χ3v) is 5.15. The summed E-state index contributed by atoms with van der Waals surface area (Å²) >= 11 is 1.71. The van der Waals surface area contributed by atoms with Crippen LogP contribution >= 0.6 is 11.3 Å². The van der Waals surface area contributed by atoms with E-state index in [0.717, 1.165) is 30.5 Å². The molecule has 0 radical (unpaired) electrons. The molecule has 0 amide bonds. The summed E-state index contributed by atoms with van der Waals surface area (Å²) in [6.45, 7) is 10.2. The van der Waals surface area contributed by atoms with E-state index in [1.807, 2.05) is 7.05 Å². The zero-order valence-electron chi connectivity index (χ0n) is 12.8. The van der Waals surface area contributed by atoms with Crippen molar-refractivity contribution in [2.24, 2.45) is 11.3 Å². The van der Waals surface area contributed by atoms with Crippen LogP contribution in [0.4, 0.5) is 5.82 Å². The maximum absolute atomic E-state index is 4.86. The second-order valence-electron chi connectivity index (χ2n) is 6.77. The number of aromatic nitrogens is 2. The fourth-order valence-corrected chi connectivity index (χ4v) is 3.79. The molecule has 1 saturated heterocycles. The van der Waals surface area contributed by atoms with E-state index in [0.29, 0.717) is 5.41 Å². The van der Waals surface area contributed by atoms with Crippen molar-refractivity contribution < 1.29 is 0 Å². The van der Waals surface area contributed by atoms with E-state index in [-0.39, 0.29) is 0 Å². The summed E-state index contributed by atoms with van der Waals surface area (Å²) in [6.07, 6.45) is 3.40. The van der Waals surface area contributed by atoms with Gasteiger partial charge in [0.15, 0.2) is 10.8 Å². The molecule has 0 bridgehead atoms. The molecule has 20 heavy (non-hydrogen) atoms. The molecule has 0 spiro atoms. The summed E-state index contributed by atoms with van der Waals surface area (Å²) in [5.74, 6) is 1.93. The zero-order valence-corrected chi connectivity index (χ0v) is 13.6. The number of nitrogens with one attached hydrogen (secondary N) is 1. The van der Waals surface area contributed by atoms with Crippen LogP contribution in [0.1, 0.15) is 32.9 Å². The molecule has 0 aromatic carbocycles. The Bertz CT molecular complexity index is 593. The lowest BCUT2D eigenvalue weighted by Crippen LogP contribution is -2.27. The minimum absolute atomic E-state index is 0.384. The summed E-state index contributed by atoms with van der Waals surface area (Å²) in [4.78, 5) is 8.43. The van der Waals surface area contributed by atoms with Gasteiger partial charge >= 0.3 is 0 Å². The van der Waals surface area contributed by atoms with Gasteiger partial charge in [0, 0.05) is 31.2 Å². The van der Waals surface area contributed by atoms with E-state index in [2.05, 4.69) is 47.0 Å². The van der Waals surface area contributed by atoms with Gasteiger partial charge in [-0.2, -0.15) is 0 Å². The van der Waals surface area contributed by atoms with Gasteiger partial charge in [-0.3, -0.25) is 4.40 Å². The third kappa shape index (κ3) is 2.33. The highest BCUT2D eigenvalue weighted by molar-refractivity contribution is 7.15. The molecule has 4 nitrogen and oxygen atoms in total. The zero-order chi connectivity index (χ0) is 14.3. The lowest BCUT2D eigenvalue weighted by atomic mass is 9.80. The van der Waals surface area contributed by atoms with Crippen LogP contribution in [0.3, 0.4) is 0 Å². The Labute approximate surface area is 124 Å². The number of nitrogens with zero attached hydrogens (tertiary/aromatic N) is 3. The fourth-order valence-electron chi connectivity index (χ4n) is 3.07. The molecule has 0 saturated carbocycles. The van der Waals surface area contributed by atoms with Crippen molar-refractivity contribution in [3.8, 4) is 0 Å². The minimum atomic E-state index is 0.384. The minimum Gasteiger partial charge on any atom is -0.355 e. The molecule has 110 valence electrons. The lowest BCUT2D eigenvalue weighted by Gasteiger charge is -2.27. The van der Waals surface area contributed by atoms with E-state index in [1.54, 1.807) is 11.3 Å². The first kappa shape index (κ1) is 13.9. The average molecular weight is 292 g/mol. The molecule has 3 rings (SSSR count). The smallest absolute Gasteiger partial charge is 0.195 e. The maximum atomic E-state index is 4.86. The number of anilines is 1. The van der Waals surface area contributed by atoms with Crippen LogP contribution in [0.25, 0.3) is 4.96 Å². The summed E-state index contributed by atoms with van der Waals surface area (Å²) < 4.78 is 2.22. The Balaban J connectivity index is 1.91. The molecule has 1 aliphatic rings. The largest absolute Gasteiger partial charge is 0.355 e. The van der Waals surface area contributed by atoms with E-state index in [1.165, 1.54) is 17.9 Å². The number of hydrogen-bond acceptors (Lipinski definition) is 4. The van der Waals surface area contributed by atoms with Crippen molar-refractivity contribution in [3.05, 3.63) is 17.3 Å². The average Bonchev–Trinajstić information content (AvgIpc) is 3.03. The third-order valence-electron chi connectivity index (χ3n) is 4.40. The summed E-state index contributed by atoms with van der Waals surface area (Å²) in [5, 5.41) is 5.38. The molecule has 5 heteroatoms. The number of thiazole rings is 1. The second-order valence-corrected chi connectivity index (χ2v) is 7.64. The Morgan fingerprint density at radius 1 is 1.45 bits per heavy atom. The number of fused-ring (bicyclic) bond motifs is 1. The maximum Gasteiger partial charge on any atom is 0.195 e. The quantitative estimate of drug-likeness (QED) is 0.944. The Hall–Kier alpha value is -1.07. The van der Waals surface area contributed by atoms with E-state index in [4.69, 9.17) is 4.98 Å². The van der Waals surface area contributed by atoms with Crippen molar-refractivity contribution in [1.29, 1.82) is 0 Å². The van der Waals surface area contributed by atoms with Gasteiger partial charge < -0.3 is 10.2 Å². The molecule has 0 aliphatic carbocycles. The first-order valence-electron chi connectivity index (χ1n) is 7.34. The highest BCUT2D eigenvalue weighted by atomic mass is 32.1. The highest BCUT2D eigenvalue weighted by Gasteiger charge is 2.33. The monoisotopic (exact) mass is 292 g/mol. The van der Waals surface area contributed by atoms with Gasteiger partial charge in [-0.1, -0.05) is 20.8 Å². The SMILES string of the molecule is CNCc1c(N2CCC(C(C)(C)C)C2)nc2sccn12. The predicted molar refractivity (Wildman–Crippen MR) is 85.6 cm³/mol. The topological polar surface area (TPSA) is 32.6 Å². The lowest BCUT2D eigenvalue weighted by molar-refractivity contribution is 0.263. The first-order valence-corrected chi connectivity index (χ1v) is 8.22. The van der Waals surface area contributed by atoms with Crippen molar-refractivity contribution in [1.82, 2.24) is 14.7 Å². The first-order chi connectivity index (χ1) is 9.50. The van der Waals surface area contributed by atoms with Gasteiger partial charge in [0.25, 0.3) is 0 Å². The number of rotatable bonds is 3. The molecule has 1 atom stereocenters. The van der Waals surface area contributed by atoms with E-state index >= 15 is 0 Å². The van der Waals surface area contributed by atoms with E-state index in [9.17, 15) is 0 Å². The summed E-state index contributed by atoms with van der Waals surface area (Å²) in [7, 11) is 2.00. The molecule has 1 N–H and O–H groups in total. The molecule has 1 fully saturated rings. The van der Waals surface area contributed by atoms with Gasteiger partial charge in [-0.25, -0.2) is 4.98 Å². The van der Waals surface area contributed by atoms with Gasteiger partial charge in [-0.05, 0) is 24.8 Å². The van der Waals surface area contributed by atoms with Crippen molar-refractivity contribution >= 4 is 22.1 Å². The molecule has 3 heterocycles. The van der Waals surface area contributed by atoms with Crippen LogP contribution in [0, 0.1) is 11.3 Å². The molecule has 2 aromatic heterocycles. The van der Waals surface area contributed by atoms with Gasteiger partial charge in [0.1, 0.15) is 0 Å². The number of imidazole rings is 1. The standard InChI is InChI=1S/C15H24N4S/c1-15(2,3)11-5-6-18(10-11)13-12(9-16-4)19-7-8-20-14(19)17-13/h7-8,11,16H,5-6,9-10H2,1-4H3. The molecule has 2 aromatic rings. The van der Waals surface area contributed by atoms with Gasteiger partial charge in [-0.15, -0.1) is 11.3 Å². The van der Waals surface area contributed by atoms with Crippen LogP contribution in [0.15, 0.2) is 11.6 Å². The van der Waals surface area contributed by atoms with Crippen molar-refractivity contribution in [2.75, 3.05) is 25.0 Å². The van der Waals surface area contributed by atoms with Gasteiger partial charge in [0.2, 0.25) is 0 Å². The Morgan fingerprint density at radius 3 is 2.90 bits per heavy atom. The summed E-state index contributed by atoms with van der Waals surface area (Å²) in [5.41, 5.74) is 1.67. The molecular weight excluding hydrogens is 268 g/mol. The van der Waals surface area contributed by atoms with E-state index < -0.39 is 0 Å². The van der Waals surface area contributed by atoms with Crippen LogP contribution in [-0.2, 0) is 6.54 Å². The van der Waals surface area contributed by atoms with Crippen molar-refractivity contribution in [2.45, 2.75) is 33.7 Å². The molecule has 1 unspecified atom stereocenters. The van der Waals surface area contributed by atoms with Crippen LogP contribution < -0.4 is 10.2 Å². The van der Waals surface area contributed by atoms with Crippen molar-refractivity contribution in [3.63, 3.8) is 0 Å². The van der Waals surface area contributed by atoms with Crippen LogP contribution in [0.2, 0.25) is 0 Å². The normalized spacial score (nSPS) is 20.2. The van der Waals surface area contributed by atoms with Gasteiger partial charge in [0.05, 0.1) is 5.69 Å². The summed E-state index contributed by atoms with van der Waals surface area (Å²) in [6, 6.07) is 0. The fraction of sp³-hybridized carbons (Fsp3) is 0.667. The molecular formula is C15H24N4S. The predicted octanol–water partition coefficient (Wildman–Crippen LogP) is 2.99. The number of hydrogen-bond donors (Lipinski definition) is 1. The highest BCUT2D eigenvalue weighted by Crippen LogP contribution is 2.36. The van der Waals surface area contributed by atoms with Crippen LogP contribution in [0.5, 0.6) is 0 Å². The Morgan fingerprint density at radius 2 is 2.25 bits per heavy atom. The second kappa shape index (κ2) is 5.04.